The van der Waals surface area contributed by atoms with Gasteiger partial charge in [0.2, 0.25) is 10.0 Å². The van der Waals surface area contributed by atoms with Gasteiger partial charge in [-0.1, -0.05) is 47.6 Å². The molecule has 0 aromatic heterocycles. The second-order valence-corrected chi connectivity index (χ2v) is 13.7. The van der Waals surface area contributed by atoms with Crippen LogP contribution in [0.1, 0.15) is 45.4 Å². The van der Waals surface area contributed by atoms with E-state index in [4.69, 9.17) is 34.8 Å². The number of halogens is 3. The van der Waals surface area contributed by atoms with Gasteiger partial charge < -0.3 is 0 Å². The summed E-state index contributed by atoms with van der Waals surface area (Å²) < 4.78 is 56.1. The fraction of sp³-hybridized carbons (Fsp3) is 0.478. The normalized spacial score (nSPS) is 16.0. The third-order valence-corrected chi connectivity index (χ3v) is 10.2. The van der Waals surface area contributed by atoms with Crippen molar-refractivity contribution in [2.24, 2.45) is 5.92 Å². The molecule has 1 N–H and O–H groups in total. The summed E-state index contributed by atoms with van der Waals surface area (Å²) in [5.74, 6) is 0.320. The highest BCUT2D eigenvalue weighted by molar-refractivity contribution is 7.93. The lowest BCUT2D eigenvalue weighted by atomic mass is 10.1. The Labute approximate surface area is 217 Å². The maximum Gasteiger partial charge on any atom is 0.264 e. The second kappa shape index (κ2) is 11.8. The zero-order valence-electron chi connectivity index (χ0n) is 18.9. The maximum absolute atomic E-state index is 13.6. The molecule has 0 amide bonds. The van der Waals surface area contributed by atoms with Gasteiger partial charge in [0.1, 0.15) is 0 Å². The topological polar surface area (TPSA) is 83.6 Å². The van der Waals surface area contributed by atoms with E-state index < -0.39 is 26.1 Å². The highest BCUT2D eigenvalue weighted by atomic mass is 35.5. The summed E-state index contributed by atoms with van der Waals surface area (Å²) in [5, 5.41) is 0.968. The average Bonchev–Trinajstić information content (AvgIpc) is 3.29. The van der Waals surface area contributed by atoms with Crippen LogP contribution in [0.3, 0.4) is 0 Å². The molecule has 1 aliphatic rings. The van der Waals surface area contributed by atoms with E-state index in [1.807, 2.05) is 0 Å². The Morgan fingerprint density at radius 2 is 1.59 bits per heavy atom. The van der Waals surface area contributed by atoms with Crippen LogP contribution in [0.4, 0.5) is 5.69 Å². The molecule has 1 fully saturated rings. The van der Waals surface area contributed by atoms with Crippen molar-refractivity contribution >= 4 is 60.5 Å². The molecule has 0 saturated heterocycles. The van der Waals surface area contributed by atoms with Crippen LogP contribution in [0.2, 0.25) is 15.1 Å². The summed E-state index contributed by atoms with van der Waals surface area (Å²) in [7, 11) is -7.47. The second-order valence-electron chi connectivity index (χ2n) is 8.66. The van der Waals surface area contributed by atoms with Crippen molar-refractivity contribution in [2.75, 3.05) is 16.6 Å². The summed E-state index contributed by atoms with van der Waals surface area (Å²) >= 11 is 18.5. The van der Waals surface area contributed by atoms with E-state index in [1.54, 1.807) is 13.0 Å². The van der Waals surface area contributed by atoms with Crippen LogP contribution in [0.5, 0.6) is 0 Å². The van der Waals surface area contributed by atoms with Gasteiger partial charge in [-0.25, -0.2) is 21.6 Å². The van der Waals surface area contributed by atoms with Crippen LogP contribution >= 0.6 is 34.8 Å². The molecule has 11 heteroatoms. The van der Waals surface area contributed by atoms with Gasteiger partial charge >= 0.3 is 0 Å². The minimum Gasteiger partial charge on any atom is -0.262 e. The molecule has 3 rings (SSSR count). The monoisotopic (exact) mass is 566 g/mol. The fourth-order valence-electron chi connectivity index (χ4n) is 4.20. The number of anilines is 1. The molecule has 2 aromatic carbocycles. The third-order valence-electron chi connectivity index (χ3n) is 6.02. The number of hydrogen-bond donors (Lipinski definition) is 1. The molecule has 6 nitrogen and oxygen atoms in total. The zero-order valence-corrected chi connectivity index (χ0v) is 22.8. The number of hydrogen-bond acceptors (Lipinski definition) is 4. The first-order valence-corrected chi connectivity index (χ1v) is 15.4. The van der Waals surface area contributed by atoms with Gasteiger partial charge in [-0.2, -0.15) is 0 Å². The van der Waals surface area contributed by atoms with E-state index >= 15 is 0 Å². The number of nitrogens with one attached hydrogen (secondary N) is 1. The van der Waals surface area contributed by atoms with Crippen LogP contribution in [0, 0.1) is 5.92 Å². The Bertz CT molecular complexity index is 1180. The standard InChI is InChI=1S/C23H29Cl3N2O4S2/c1-17(5-4-14-33(29,30)27-16-18-6-2-3-7-18)28(23-15-20(25)10-13-22(23)26)34(31,32)21-11-8-19(24)9-12-21/h8-13,15,17-18,27H,2-7,14,16H2,1H3. The molecule has 0 aliphatic heterocycles. The number of sulfonamides is 2. The average molecular weight is 568 g/mol. The van der Waals surface area contributed by atoms with Crippen LogP contribution < -0.4 is 9.03 Å². The Kier molecular flexibility index (Phi) is 9.57. The fourth-order valence-corrected chi connectivity index (χ4v) is 7.62. The predicted molar refractivity (Wildman–Crippen MR) is 140 cm³/mol. The number of rotatable bonds is 11. The zero-order chi connectivity index (χ0) is 24.9. The Balaban J connectivity index is 1.77. The number of nitrogens with zero attached hydrogens (tertiary/aromatic N) is 1. The summed E-state index contributed by atoms with van der Waals surface area (Å²) in [5.41, 5.74) is 0.235. The van der Waals surface area contributed by atoms with Crippen molar-refractivity contribution < 1.29 is 16.8 Å². The van der Waals surface area contributed by atoms with Gasteiger partial charge in [-0.3, -0.25) is 4.31 Å². The van der Waals surface area contributed by atoms with Crippen LogP contribution in [-0.2, 0) is 20.0 Å². The quantitative estimate of drug-likeness (QED) is 0.354. The lowest BCUT2D eigenvalue weighted by molar-refractivity contribution is 0.517. The summed E-state index contributed by atoms with van der Waals surface area (Å²) in [6, 6.07) is 9.87. The van der Waals surface area contributed by atoms with Gasteiger partial charge in [0.05, 0.1) is 21.4 Å². The molecule has 0 heterocycles. The SMILES string of the molecule is CC(CCCS(=O)(=O)NCC1CCCC1)N(c1cc(Cl)ccc1Cl)S(=O)(=O)c1ccc(Cl)cc1. The number of benzene rings is 2. The summed E-state index contributed by atoms with van der Waals surface area (Å²) in [4.78, 5) is 0.0469. The van der Waals surface area contributed by atoms with Crippen molar-refractivity contribution in [3.63, 3.8) is 0 Å². The molecule has 1 aliphatic carbocycles. The molecular formula is C23H29Cl3N2O4S2. The van der Waals surface area contributed by atoms with Crippen LogP contribution in [-0.4, -0.2) is 35.2 Å². The predicted octanol–water partition coefficient (Wildman–Crippen LogP) is 6.12. The third kappa shape index (κ3) is 7.24. The van der Waals surface area contributed by atoms with E-state index in [-0.39, 0.29) is 27.8 Å². The van der Waals surface area contributed by atoms with Gasteiger partial charge in [-0.05, 0) is 81.0 Å². The van der Waals surface area contributed by atoms with Crippen molar-refractivity contribution in [1.29, 1.82) is 0 Å². The molecule has 0 bridgehead atoms. The molecule has 0 spiro atoms. The van der Waals surface area contributed by atoms with Crippen LogP contribution in [0.25, 0.3) is 0 Å². The molecule has 2 aromatic rings. The molecule has 1 saturated carbocycles. The van der Waals surface area contributed by atoms with Crippen LogP contribution in [0.15, 0.2) is 47.4 Å². The highest BCUT2D eigenvalue weighted by Gasteiger charge is 2.31. The molecular weight excluding hydrogens is 539 g/mol. The van der Waals surface area contributed by atoms with E-state index in [0.717, 1.165) is 25.7 Å². The molecule has 1 unspecified atom stereocenters. The summed E-state index contributed by atoms with van der Waals surface area (Å²) in [6.45, 7) is 2.19. The Morgan fingerprint density at radius 1 is 0.971 bits per heavy atom. The van der Waals surface area contributed by atoms with Crippen molar-refractivity contribution in [3.8, 4) is 0 Å². The van der Waals surface area contributed by atoms with Gasteiger partial charge in [0.15, 0.2) is 0 Å². The Morgan fingerprint density at radius 3 is 2.24 bits per heavy atom. The molecule has 188 valence electrons. The van der Waals surface area contributed by atoms with E-state index in [0.29, 0.717) is 28.9 Å². The lowest BCUT2D eigenvalue weighted by Crippen LogP contribution is -2.39. The minimum atomic E-state index is -4.03. The Hall–Kier alpha value is -1.03. The first-order chi connectivity index (χ1) is 16.0. The van der Waals surface area contributed by atoms with Crippen molar-refractivity contribution in [2.45, 2.75) is 56.4 Å². The van der Waals surface area contributed by atoms with E-state index in [1.165, 1.54) is 40.7 Å². The van der Waals surface area contributed by atoms with E-state index in [2.05, 4.69) is 4.72 Å². The highest BCUT2D eigenvalue weighted by Crippen LogP contribution is 2.35. The van der Waals surface area contributed by atoms with E-state index in [9.17, 15) is 16.8 Å². The van der Waals surface area contributed by atoms with Crippen molar-refractivity contribution in [3.05, 3.63) is 57.5 Å². The minimum absolute atomic E-state index is 0.0469. The molecule has 1 atom stereocenters. The van der Waals surface area contributed by atoms with Gasteiger partial charge in [0.25, 0.3) is 10.0 Å². The maximum atomic E-state index is 13.6. The first kappa shape index (κ1) is 27.6. The molecule has 34 heavy (non-hydrogen) atoms. The first-order valence-electron chi connectivity index (χ1n) is 11.2. The van der Waals surface area contributed by atoms with Crippen molar-refractivity contribution in [1.82, 2.24) is 4.72 Å². The largest absolute Gasteiger partial charge is 0.264 e. The lowest BCUT2D eigenvalue weighted by Gasteiger charge is -2.31. The molecule has 0 radical (unpaired) electrons. The van der Waals surface area contributed by atoms with Gasteiger partial charge in [0, 0.05) is 22.6 Å². The summed E-state index contributed by atoms with van der Waals surface area (Å²) in [6.07, 6.45) is 4.99. The van der Waals surface area contributed by atoms with Gasteiger partial charge in [-0.15, -0.1) is 0 Å². The smallest absolute Gasteiger partial charge is 0.262 e.